The number of benzene rings is 2. The van der Waals surface area contributed by atoms with Crippen LogP contribution in [0.15, 0.2) is 77.3 Å². The van der Waals surface area contributed by atoms with E-state index in [1.807, 2.05) is 6.92 Å². The zero-order chi connectivity index (χ0) is 25.8. The predicted octanol–water partition coefficient (Wildman–Crippen LogP) is 2.26. The number of aryl methyl sites for hydroxylation is 1. The van der Waals surface area contributed by atoms with Gasteiger partial charge in [0.1, 0.15) is 11.5 Å². The van der Waals surface area contributed by atoms with Gasteiger partial charge in [0, 0.05) is 11.3 Å². The lowest BCUT2D eigenvalue weighted by atomic mass is 9.81. The van der Waals surface area contributed by atoms with Crippen molar-refractivity contribution in [2.24, 2.45) is 5.73 Å². The Morgan fingerprint density at radius 2 is 1.81 bits per heavy atom. The maximum atomic E-state index is 13.2. The Hall–Kier alpha value is -4.98. The molecule has 3 aromatic rings. The number of allylic oxidation sites excluding steroid dienone is 1. The molecule has 4 rings (SSSR count). The summed E-state index contributed by atoms with van der Waals surface area (Å²) >= 11 is 0. The molecule has 0 saturated heterocycles. The van der Waals surface area contributed by atoms with E-state index in [4.69, 9.17) is 15.2 Å². The molecular weight excluding hydrogens is 462 g/mol. The number of esters is 2. The first-order valence-corrected chi connectivity index (χ1v) is 11.0. The van der Waals surface area contributed by atoms with Gasteiger partial charge in [0.2, 0.25) is 5.82 Å². The Bertz CT molecular complexity index is 1420. The Labute approximate surface area is 207 Å². The highest BCUT2D eigenvalue weighted by Crippen LogP contribution is 2.43. The molecule has 182 valence electrons. The summed E-state index contributed by atoms with van der Waals surface area (Å²) in [5, 5.41) is 22.5. The summed E-state index contributed by atoms with van der Waals surface area (Å²) in [7, 11) is 2.40. The monoisotopic (exact) mass is 485 g/mol. The van der Waals surface area contributed by atoms with Crippen LogP contribution in [-0.4, -0.2) is 46.4 Å². The normalized spacial score (nSPS) is 15.5. The number of aromatic nitrogens is 4. The molecule has 0 bridgehead atoms. The fraction of sp³-hybridized carbons (Fsp3) is 0.200. The molecule has 1 aliphatic rings. The Morgan fingerprint density at radius 1 is 1.08 bits per heavy atom. The second kappa shape index (κ2) is 10.1. The van der Waals surface area contributed by atoms with Crippen molar-refractivity contribution < 1.29 is 19.1 Å². The molecule has 2 heterocycles. The number of nitrogens with two attached hydrogens (primary N) is 1. The first kappa shape index (κ1) is 24.2. The SMILES string of the molecule is CCn1nnc(-c2cccc(N3C(N)=C(C#N)C(c4ccccc4)C(C(=O)OC)=C3C(=O)OC)c2)n1. The quantitative estimate of drug-likeness (QED) is 0.515. The minimum Gasteiger partial charge on any atom is -0.466 e. The van der Waals surface area contributed by atoms with Gasteiger partial charge in [0.05, 0.1) is 43.9 Å². The van der Waals surface area contributed by atoms with Crippen LogP contribution in [0.3, 0.4) is 0 Å². The number of anilines is 1. The third-order valence-electron chi connectivity index (χ3n) is 5.71. The molecule has 0 aliphatic carbocycles. The highest BCUT2D eigenvalue weighted by molar-refractivity contribution is 6.06. The molecule has 36 heavy (non-hydrogen) atoms. The van der Waals surface area contributed by atoms with E-state index in [-0.39, 0.29) is 22.7 Å². The Morgan fingerprint density at radius 3 is 2.42 bits per heavy atom. The lowest BCUT2D eigenvalue weighted by molar-refractivity contribution is -0.139. The van der Waals surface area contributed by atoms with E-state index in [9.17, 15) is 14.9 Å². The topological polar surface area (TPSA) is 149 Å². The average Bonchev–Trinajstić information content (AvgIpc) is 3.41. The number of tetrazole rings is 1. The van der Waals surface area contributed by atoms with Gasteiger partial charge in [-0.2, -0.15) is 10.1 Å². The lowest BCUT2D eigenvalue weighted by Crippen LogP contribution is -2.40. The molecule has 2 aromatic carbocycles. The number of carbonyl (C=O) groups is 2. The summed E-state index contributed by atoms with van der Waals surface area (Å²) < 4.78 is 10.1. The zero-order valence-electron chi connectivity index (χ0n) is 19.9. The van der Waals surface area contributed by atoms with Gasteiger partial charge in [-0.15, -0.1) is 10.2 Å². The van der Waals surface area contributed by atoms with E-state index < -0.39 is 17.9 Å². The van der Waals surface area contributed by atoms with E-state index in [0.29, 0.717) is 29.2 Å². The van der Waals surface area contributed by atoms with Gasteiger partial charge in [0.25, 0.3) is 0 Å². The molecule has 0 spiro atoms. The van der Waals surface area contributed by atoms with Crippen molar-refractivity contribution in [3.05, 3.63) is 82.8 Å². The maximum absolute atomic E-state index is 13.2. The van der Waals surface area contributed by atoms with E-state index in [1.54, 1.807) is 54.6 Å². The van der Waals surface area contributed by atoms with Crippen molar-refractivity contribution in [3.63, 3.8) is 0 Å². The molecule has 11 nitrogen and oxygen atoms in total. The zero-order valence-corrected chi connectivity index (χ0v) is 19.9. The van der Waals surface area contributed by atoms with Crippen molar-refractivity contribution in [2.75, 3.05) is 19.1 Å². The largest absolute Gasteiger partial charge is 0.466 e. The molecule has 1 aliphatic heterocycles. The fourth-order valence-electron chi connectivity index (χ4n) is 4.06. The summed E-state index contributed by atoms with van der Waals surface area (Å²) in [5.74, 6) is -2.22. The number of methoxy groups -OCH3 is 2. The minimum atomic E-state index is -0.941. The third-order valence-corrected chi connectivity index (χ3v) is 5.71. The maximum Gasteiger partial charge on any atom is 0.355 e. The molecule has 0 fully saturated rings. The van der Waals surface area contributed by atoms with Crippen LogP contribution in [0, 0.1) is 11.3 Å². The van der Waals surface area contributed by atoms with Crippen LogP contribution in [0.2, 0.25) is 0 Å². The van der Waals surface area contributed by atoms with Crippen LogP contribution < -0.4 is 10.6 Å². The smallest absolute Gasteiger partial charge is 0.355 e. The Kier molecular flexibility index (Phi) is 6.78. The van der Waals surface area contributed by atoms with E-state index in [0.717, 1.165) is 0 Å². The number of ether oxygens (including phenoxy) is 2. The molecule has 1 aromatic heterocycles. The van der Waals surface area contributed by atoms with Crippen LogP contribution >= 0.6 is 0 Å². The number of nitriles is 1. The van der Waals surface area contributed by atoms with E-state index >= 15 is 0 Å². The number of nitrogens with zero attached hydrogens (tertiary/aromatic N) is 6. The van der Waals surface area contributed by atoms with Gasteiger partial charge in [0.15, 0.2) is 0 Å². The molecule has 0 radical (unpaired) electrons. The van der Waals surface area contributed by atoms with Gasteiger partial charge in [-0.1, -0.05) is 42.5 Å². The third kappa shape index (κ3) is 4.16. The van der Waals surface area contributed by atoms with Crippen LogP contribution in [-0.2, 0) is 25.6 Å². The van der Waals surface area contributed by atoms with Crippen LogP contribution in [0.1, 0.15) is 18.4 Å². The van der Waals surface area contributed by atoms with Crippen molar-refractivity contribution in [3.8, 4) is 17.5 Å². The van der Waals surface area contributed by atoms with E-state index in [1.165, 1.54) is 23.9 Å². The van der Waals surface area contributed by atoms with Gasteiger partial charge < -0.3 is 15.2 Å². The van der Waals surface area contributed by atoms with Gasteiger partial charge in [-0.05, 0) is 29.8 Å². The number of hydrogen-bond donors (Lipinski definition) is 1. The standard InChI is InChI=1S/C25H23N7O4/c1-4-31-29-23(28-30-31)16-11-8-12-17(13-16)32-21(25(34)36-3)20(24(33)35-2)19(18(14-26)22(32)27)15-9-6-5-7-10-15/h5-13,19H,4,27H2,1-3H3. The van der Waals surface area contributed by atoms with Crippen LogP contribution in [0.25, 0.3) is 11.4 Å². The first-order valence-electron chi connectivity index (χ1n) is 11.0. The second-order valence-corrected chi connectivity index (χ2v) is 7.69. The summed E-state index contributed by atoms with van der Waals surface area (Å²) in [6.45, 7) is 2.42. The molecular formula is C25H23N7O4. The lowest BCUT2D eigenvalue weighted by Gasteiger charge is -2.36. The summed E-state index contributed by atoms with van der Waals surface area (Å²) in [6, 6.07) is 17.8. The van der Waals surface area contributed by atoms with Crippen molar-refractivity contribution in [1.29, 1.82) is 5.26 Å². The summed E-state index contributed by atoms with van der Waals surface area (Å²) in [4.78, 5) is 29.1. The molecule has 2 N–H and O–H groups in total. The summed E-state index contributed by atoms with van der Waals surface area (Å²) in [6.07, 6.45) is 0. The Balaban J connectivity index is 1.99. The fourth-order valence-corrected chi connectivity index (χ4v) is 4.06. The van der Waals surface area contributed by atoms with Crippen molar-refractivity contribution in [1.82, 2.24) is 20.2 Å². The molecule has 1 unspecified atom stereocenters. The van der Waals surface area contributed by atoms with E-state index in [2.05, 4.69) is 21.5 Å². The highest BCUT2D eigenvalue weighted by atomic mass is 16.5. The van der Waals surface area contributed by atoms with Crippen molar-refractivity contribution >= 4 is 17.6 Å². The molecule has 11 heteroatoms. The molecule has 1 atom stereocenters. The molecule has 0 saturated carbocycles. The van der Waals surface area contributed by atoms with Gasteiger partial charge >= 0.3 is 11.9 Å². The second-order valence-electron chi connectivity index (χ2n) is 7.69. The summed E-state index contributed by atoms with van der Waals surface area (Å²) in [5.41, 5.74) is 7.96. The first-order chi connectivity index (χ1) is 17.4. The van der Waals surface area contributed by atoms with Gasteiger partial charge in [-0.25, -0.2) is 9.59 Å². The average molecular weight is 486 g/mol. The van der Waals surface area contributed by atoms with Crippen molar-refractivity contribution in [2.45, 2.75) is 19.4 Å². The minimum absolute atomic E-state index is 0.0262. The number of rotatable bonds is 6. The van der Waals surface area contributed by atoms with Crippen LogP contribution in [0.4, 0.5) is 5.69 Å². The van der Waals surface area contributed by atoms with Crippen LogP contribution in [0.5, 0.6) is 0 Å². The van der Waals surface area contributed by atoms with Gasteiger partial charge in [-0.3, -0.25) is 4.90 Å². The predicted molar refractivity (Wildman–Crippen MR) is 128 cm³/mol. The number of carbonyl (C=O) groups excluding carboxylic acids is 2. The number of hydrogen-bond acceptors (Lipinski definition) is 10. The highest BCUT2D eigenvalue weighted by Gasteiger charge is 2.43. The molecule has 0 amide bonds.